The van der Waals surface area contributed by atoms with Gasteiger partial charge in [-0.2, -0.15) is 0 Å². The van der Waals surface area contributed by atoms with E-state index >= 15 is 0 Å². The van der Waals surface area contributed by atoms with Crippen molar-refractivity contribution in [1.29, 1.82) is 0 Å². The smallest absolute Gasteiger partial charge is 0.407 e. The molecule has 0 aliphatic heterocycles. The Morgan fingerprint density at radius 2 is 1.58 bits per heavy atom. The van der Waals surface area contributed by atoms with Crippen LogP contribution in [0.4, 0.5) is 4.79 Å². The van der Waals surface area contributed by atoms with Gasteiger partial charge in [0.15, 0.2) is 0 Å². The second kappa shape index (κ2) is 10.1. The maximum atomic E-state index is 12.5. The number of amides is 2. The third-order valence-corrected chi connectivity index (χ3v) is 5.53. The van der Waals surface area contributed by atoms with Crippen LogP contribution >= 0.6 is 0 Å². The number of carbonyl (C=O) groups excluding carboxylic acids is 2. The highest BCUT2D eigenvalue weighted by molar-refractivity contribution is 5.89. The number of fused-ring (bicyclic) bond motifs is 3. The quantitative estimate of drug-likeness (QED) is 0.570. The summed E-state index contributed by atoms with van der Waals surface area (Å²) < 4.78 is 5.51. The highest BCUT2D eigenvalue weighted by Gasteiger charge is 2.30. The summed E-state index contributed by atoms with van der Waals surface area (Å²) in [7, 11) is 0. The first kappa shape index (κ1) is 22.3. The van der Waals surface area contributed by atoms with Crippen LogP contribution in [0.5, 0.6) is 0 Å². The van der Waals surface area contributed by atoms with Crippen molar-refractivity contribution >= 4 is 18.0 Å². The number of alkyl carbamates (subject to hydrolysis) is 1. The van der Waals surface area contributed by atoms with E-state index in [9.17, 15) is 14.4 Å². The highest BCUT2D eigenvalue weighted by atomic mass is 16.5. The molecular weight excluding hydrogens is 396 g/mol. The number of carboxylic acid groups (broad SMARTS) is 1. The summed E-state index contributed by atoms with van der Waals surface area (Å²) in [6.07, 6.45) is 1.26. The number of carboxylic acids is 1. The Balaban J connectivity index is 1.65. The lowest BCUT2D eigenvalue weighted by molar-refractivity contribution is -0.141. The van der Waals surface area contributed by atoms with E-state index in [1.54, 1.807) is 0 Å². The van der Waals surface area contributed by atoms with Crippen LogP contribution in [-0.2, 0) is 14.3 Å². The normalized spacial score (nSPS) is 14.1. The third kappa shape index (κ3) is 5.23. The molecule has 0 spiro atoms. The molecule has 2 aromatic carbocycles. The number of carbonyl (C=O) groups is 3. The van der Waals surface area contributed by atoms with E-state index in [-0.39, 0.29) is 12.5 Å². The molecule has 2 aromatic rings. The fourth-order valence-electron chi connectivity index (χ4n) is 3.84. The second-order valence-electron chi connectivity index (χ2n) is 7.73. The number of aliphatic carboxylic acids is 1. The Hall–Kier alpha value is -3.35. The maximum Gasteiger partial charge on any atom is 0.407 e. The van der Waals surface area contributed by atoms with Crippen LogP contribution in [0.15, 0.2) is 48.5 Å². The van der Waals surface area contributed by atoms with Crippen molar-refractivity contribution in [3.63, 3.8) is 0 Å². The van der Waals surface area contributed by atoms with Crippen LogP contribution in [0.1, 0.15) is 50.2 Å². The molecule has 1 unspecified atom stereocenters. The van der Waals surface area contributed by atoms with Crippen molar-refractivity contribution in [3.05, 3.63) is 59.7 Å². The van der Waals surface area contributed by atoms with Crippen LogP contribution < -0.4 is 10.6 Å². The van der Waals surface area contributed by atoms with Crippen LogP contribution in [0.3, 0.4) is 0 Å². The van der Waals surface area contributed by atoms with Gasteiger partial charge in [0, 0.05) is 5.92 Å². The first-order valence-corrected chi connectivity index (χ1v) is 10.6. The van der Waals surface area contributed by atoms with Gasteiger partial charge in [0.05, 0.1) is 0 Å². The van der Waals surface area contributed by atoms with Crippen molar-refractivity contribution in [2.45, 2.75) is 51.1 Å². The van der Waals surface area contributed by atoms with Crippen LogP contribution in [-0.4, -0.2) is 41.8 Å². The summed E-state index contributed by atoms with van der Waals surface area (Å²) in [5.41, 5.74) is 4.48. The Morgan fingerprint density at radius 3 is 2.13 bits per heavy atom. The summed E-state index contributed by atoms with van der Waals surface area (Å²) in [5.74, 6) is -1.74. The van der Waals surface area contributed by atoms with E-state index in [0.29, 0.717) is 12.8 Å². The molecule has 2 atom stereocenters. The largest absolute Gasteiger partial charge is 0.480 e. The zero-order valence-electron chi connectivity index (χ0n) is 17.8. The Morgan fingerprint density at radius 1 is 1.00 bits per heavy atom. The van der Waals surface area contributed by atoms with Gasteiger partial charge >= 0.3 is 12.1 Å². The number of rotatable bonds is 9. The molecule has 0 aromatic heterocycles. The SMILES string of the molecule is CCCCC(NC(=O)OCC1c2ccccc2-c2ccccc21)C(=O)N[C@@H](C)C(=O)O. The van der Waals surface area contributed by atoms with Crippen molar-refractivity contribution in [3.8, 4) is 11.1 Å². The fourth-order valence-corrected chi connectivity index (χ4v) is 3.84. The van der Waals surface area contributed by atoms with Crippen molar-refractivity contribution < 1.29 is 24.2 Å². The van der Waals surface area contributed by atoms with E-state index in [1.807, 2.05) is 43.3 Å². The summed E-state index contributed by atoms with van der Waals surface area (Å²) in [5, 5.41) is 14.0. The summed E-state index contributed by atoms with van der Waals surface area (Å²) >= 11 is 0. The topological polar surface area (TPSA) is 105 Å². The number of hydrogen-bond donors (Lipinski definition) is 3. The molecule has 1 aliphatic carbocycles. The number of nitrogens with one attached hydrogen (secondary N) is 2. The van der Waals surface area contributed by atoms with E-state index < -0.39 is 30.1 Å². The number of ether oxygens (including phenoxy) is 1. The summed E-state index contributed by atoms with van der Waals surface area (Å²) in [6, 6.07) is 14.2. The van der Waals surface area contributed by atoms with Crippen LogP contribution in [0.25, 0.3) is 11.1 Å². The van der Waals surface area contributed by atoms with Crippen molar-refractivity contribution in [2.75, 3.05) is 6.61 Å². The fraction of sp³-hybridized carbons (Fsp3) is 0.375. The van der Waals surface area contributed by atoms with Gasteiger partial charge in [0.25, 0.3) is 0 Å². The molecule has 0 saturated heterocycles. The van der Waals surface area contributed by atoms with Crippen LogP contribution in [0, 0.1) is 0 Å². The monoisotopic (exact) mass is 424 g/mol. The van der Waals surface area contributed by atoms with Gasteiger partial charge in [-0.05, 0) is 35.6 Å². The molecule has 0 saturated carbocycles. The lowest BCUT2D eigenvalue weighted by Crippen LogP contribution is -2.50. The predicted molar refractivity (Wildman–Crippen MR) is 117 cm³/mol. The number of unbranched alkanes of at least 4 members (excludes halogenated alkanes) is 1. The molecule has 31 heavy (non-hydrogen) atoms. The molecule has 164 valence electrons. The molecule has 1 aliphatic rings. The molecule has 0 fully saturated rings. The molecule has 3 rings (SSSR count). The summed E-state index contributed by atoms with van der Waals surface area (Å²) in [4.78, 5) is 36.0. The van der Waals surface area contributed by atoms with Gasteiger partial charge in [0.1, 0.15) is 18.7 Å². The zero-order valence-corrected chi connectivity index (χ0v) is 17.8. The third-order valence-electron chi connectivity index (χ3n) is 5.53. The molecular formula is C24H28N2O5. The standard InChI is InChI=1S/C24H28N2O5/c1-3-4-13-21(22(27)25-15(2)23(28)29)26-24(30)31-14-20-18-11-7-5-9-16(18)17-10-6-8-12-19(17)20/h5-12,15,20-21H,3-4,13-14H2,1-2H3,(H,25,27)(H,26,30)(H,28,29)/t15-,21?/m0/s1. The van der Waals surface area contributed by atoms with Gasteiger partial charge in [-0.1, -0.05) is 68.3 Å². The average Bonchev–Trinajstić information content (AvgIpc) is 3.08. The van der Waals surface area contributed by atoms with E-state index in [1.165, 1.54) is 6.92 Å². The minimum atomic E-state index is -1.14. The lowest BCUT2D eigenvalue weighted by atomic mass is 9.98. The predicted octanol–water partition coefficient (Wildman–Crippen LogP) is 3.67. The Bertz CT molecular complexity index is 913. The first-order chi connectivity index (χ1) is 14.9. The van der Waals surface area contributed by atoms with Gasteiger partial charge in [-0.15, -0.1) is 0 Å². The lowest BCUT2D eigenvalue weighted by Gasteiger charge is -2.20. The summed E-state index contributed by atoms with van der Waals surface area (Å²) in [6.45, 7) is 3.50. The molecule has 0 heterocycles. The number of benzene rings is 2. The first-order valence-electron chi connectivity index (χ1n) is 10.6. The minimum Gasteiger partial charge on any atom is -0.480 e. The molecule has 7 heteroatoms. The Labute approximate surface area is 181 Å². The van der Waals surface area contributed by atoms with E-state index in [4.69, 9.17) is 9.84 Å². The van der Waals surface area contributed by atoms with E-state index in [0.717, 1.165) is 28.7 Å². The van der Waals surface area contributed by atoms with Crippen molar-refractivity contribution in [2.24, 2.45) is 0 Å². The molecule has 7 nitrogen and oxygen atoms in total. The van der Waals surface area contributed by atoms with Gasteiger partial charge in [-0.25, -0.2) is 4.79 Å². The molecule has 2 amide bonds. The molecule has 3 N–H and O–H groups in total. The van der Waals surface area contributed by atoms with Gasteiger partial charge in [0.2, 0.25) is 5.91 Å². The minimum absolute atomic E-state index is 0.0758. The van der Waals surface area contributed by atoms with Gasteiger partial charge < -0.3 is 20.5 Å². The van der Waals surface area contributed by atoms with Crippen molar-refractivity contribution in [1.82, 2.24) is 10.6 Å². The molecule has 0 radical (unpaired) electrons. The van der Waals surface area contributed by atoms with Gasteiger partial charge in [-0.3, -0.25) is 9.59 Å². The van der Waals surface area contributed by atoms with Crippen LogP contribution in [0.2, 0.25) is 0 Å². The van der Waals surface area contributed by atoms with E-state index in [2.05, 4.69) is 22.8 Å². The average molecular weight is 424 g/mol. The maximum absolute atomic E-state index is 12.5. The second-order valence-corrected chi connectivity index (χ2v) is 7.73. The molecule has 0 bridgehead atoms. The highest BCUT2D eigenvalue weighted by Crippen LogP contribution is 2.44. The zero-order chi connectivity index (χ0) is 22.4. The Kier molecular flexibility index (Phi) is 7.28. The number of hydrogen-bond acceptors (Lipinski definition) is 4.